The van der Waals surface area contributed by atoms with Gasteiger partial charge in [-0.3, -0.25) is 0 Å². The highest BCUT2D eigenvalue weighted by Crippen LogP contribution is 2.18. The van der Waals surface area contributed by atoms with Gasteiger partial charge >= 0.3 is 5.97 Å². The summed E-state index contributed by atoms with van der Waals surface area (Å²) < 4.78 is 18.5. The quantitative estimate of drug-likeness (QED) is 0.631. The normalized spacial score (nSPS) is 11.2. The fraction of sp³-hybridized carbons (Fsp3) is 0.154. The molecule has 17 heavy (non-hydrogen) atoms. The monoisotopic (exact) mass is 236 g/mol. The highest BCUT2D eigenvalue weighted by Gasteiger charge is 2.01. The van der Waals surface area contributed by atoms with Gasteiger partial charge < -0.3 is 9.84 Å². The molecule has 1 aromatic carbocycles. The van der Waals surface area contributed by atoms with Crippen molar-refractivity contribution in [2.75, 3.05) is 6.61 Å². The second-order valence-corrected chi connectivity index (χ2v) is 3.18. The predicted octanol–water partition coefficient (Wildman–Crippen LogP) is 2.88. The number of aliphatic carboxylic acids is 1. The number of hydrogen-bond acceptors (Lipinski definition) is 2. The van der Waals surface area contributed by atoms with E-state index in [2.05, 4.69) is 0 Å². The van der Waals surface area contributed by atoms with Crippen LogP contribution in [0.4, 0.5) is 4.39 Å². The van der Waals surface area contributed by atoms with Crippen LogP contribution in [0.2, 0.25) is 0 Å². The lowest BCUT2D eigenvalue weighted by Gasteiger charge is -2.04. The van der Waals surface area contributed by atoms with Gasteiger partial charge in [-0.05, 0) is 24.6 Å². The van der Waals surface area contributed by atoms with Gasteiger partial charge in [0, 0.05) is 6.08 Å². The van der Waals surface area contributed by atoms with Crippen molar-refractivity contribution in [2.24, 2.45) is 0 Å². The SMILES string of the molecule is CCOc1ccc(/C=C/C=C/C(=O)O)cc1F. The summed E-state index contributed by atoms with van der Waals surface area (Å²) in [6, 6.07) is 4.56. The summed E-state index contributed by atoms with van der Waals surface area (Å²) in [7, 11) is 0. The molecule has 0 saturated carbocycles. The van der Waals surface area contributed by atoms with E-state index in [-0.39, 0.29) is 5.75 Å². The fourth-order valence-electron chi connectivity index (χ4n) is 1.20. The summed E-state index contributed by atoms with van der Waals surface area (Å²) in [6.07, 6.45) is 5.51. The number of benzene rings is 1. The Morgan fingerprint density at radius 3 is 2.82 bits per heavy atom. The molecule has 0 saturated heterocycles. The fourth-order valence-corrected chi connectivity index (χ4v) is 1.20. The molecule has 1 aromatic rings. The number of hydrogen-bond donors (Lipinski definition) is 1. The molecule has 0 amide bonds. The van der Waals surface area contributed by atoms with Gasteiger partial charge in [-0.25, -0.2) is 9.18 Å². The van der Waals surface area contributed by atoms with Crippen LogP contribution in [0.1, 0.15) is 12.5 Å². The van der Waals surface area contributed by atoms with Crippen molar-refractivity contribution in [1.82, 2.24) is 0 Å². The summed E-state index contributed by atoms with van der Waals surface area (Å²) in [5, 5.41) is 8.35. The number of carboxylic acids is 1. The van der Waals surface area contributed by atoms with E-state index in [0.717, 1.165) is 6.08 Å². The van der Waals surface area contributed by atoms with Crippen molar-refractivity contribution in [3.8, 4) is 5.75 Å². The van der Waals surface area contributed by atoms with E-state index >= 15 is 0 Å². The molecule has 0 radical (unpaired) electrons. The zero-order chi connectivity index (χ0) is 12.7. The molecule has 0 unspecified atom stereocenters. The maximum Gasteiger partial charge on any atom is 0.328 e. The first-order valence-corrected chi connectivity index (χ1v) is 5.13. The summed E-state index contributed by atoms with van der Waals surface area (Å²) in [5.74, 6) is -1.24. The number of ether oxygens (including phenoxy) is 1. The van der Waals surface area contributed by atoms with Gasteiger partial charge in [0.2, 0.25) is 0 Å². The molecule has 0 fully saturated rings. The highest BCUT2D eigenvalue weighted by molar-refractivity contribution is 5.80. The molecular formula is C13H13FO3. The second kappa shape index (κ2) is 6.48. The standard InChI is InChI=1S/C13H13FO3/c1-2-17-12-8-7-10(9-11(12)14)5-3-4-6-13(15)16/h3-9H,2H2,1H3,(H,15,16)/b5-3+,6-4+. The van der Waals surface area contributed by atoms with Crippen LogP contribution < -0.4 is 4.74 Å². The van der Waals surface area contributed by atoms with E-state index < -0.39 is 11.8 Å². The molecule has 3 nitrogen and oxygen atoms in total. The molecule has 0 atom stereocenters. The zero-order valence-electron chi connectivity index (χ0n) is 9.39. The van der Waals surface area contributed by atoms with Crippen molar-refractivity contribution in [1.29, 1.82) is 0 Å². The number of carbonyl (C=O) groups is 1. The Morgan fingerprint density at radius 2 is 2.24 bits per heavy atom. The number of carboxylic acid groups (broad SMARTS) is 1. The van der Waals surface area contributed by atoms with Gasteiger partial charge in [0.15, 0.2) is 11.6 Å². The first-order chi connectivity index (χ1) is 8.13. The maximum atomic E-state index is 13.4. The van der Waals surface area contributed by atoms with Crippen molar-refractivity contribution in [3.63, 3.8) is 0 Å². The Kier molecular flexibility index (Phi) is 4.94. The zero-order valence-corrected chi connectivity index (χ0v) is 9.39. The number of rotatable bonds is 5. The van der Waals surface area contributed by atoms with Crippen LogP contribution in [0.5, 0.6) is 5.75 Å². The Hall–Kier alpha value is -2.10. The minimum absolute atomic E-state index is 0.214. The minimum atomic E-state index is -1.02. The Labute approximate surface area is 98.8 Å². The van der Waals surface area contributed by atoms with Crippen LogP contribution in [-0.4, -0.2) is 17.7 Å². The molecule has 1 rings (SSSR count). The van der Waals surface area contributed by atoms with Crippen molar-refractivity contribution in [2.45, 2.75) is 6.92 Å². The van der Waals surface area contributed by atoms with E-state index in [1.165, 1.54) is 18.2 Å². The summed E-state index contributed by atoms with van der Waals surface area (Å²) in [6.45, 7) is 2.19. The Morgan fingerprint density at radius 1 is 1.47 bits per heavy atom. The van der Waals surface area contributed by atoms with E-state index in [4.69, 9.17) is 9.84 Å². The lowest BCUT2D eigenvalue weighted by Crippen LogP contribution is -1.94. The first-order valence-electron chi connectivity index (χ1n) is 5.13. The molecule has 0 aliphatic heterocycles. The molecule has 0 bridgehead atoms. The van der Waals surface area contributed by atoms with Gasteiger partial charge in [-0.2, -0.15) is 0 Å². The molecule has 0 aromatic heterocycles. The van der Waals surface area contributed by atoms with Crippen LogP contribution in [-0.2, 0) is 4.79 Å². The average Bonchev–Trinajstić information content (AvgIpc) is 2.28. The molecule has 4 heteroatoms. The lowest BCUT2D eigenvalue weighted by atomic mass is 10.2. The highest BCUT2D eigenvalue weighted by atomic mass is 19.1. The maximum absolute atomic E-state index is 13.4. The van der Waals surface area contributed by atoms with Crippen LogP contribution in [0, 0.1) is 5.82 Å². The van der Waals surface area contributed by atoms with Crippen LogP contribution >= 0.6 is 0 Å². The third-order valence-electron chi connectivity index (χ3n) is 1.89. The minimum Gasteiger partial charge on any atom is -0.491 e. The molecular weight excluding hydrogens is 223 g/mol. The lowest BCUT2D eigenvalue weighted by molar-refractivity contribution is -0.131. The number of halogens is 1. The van der Waals surface area contributed by atoms with E-state index in [9.17, 15) is 9.18 Å². The number of allylic oxidation sites excluding steroid dienone is 2. The molecule has 0 aliphatic rings. The second-order valence-electron chi connectivity index (χ2n) is 3.18. The smallest absolute Gasteiger partial charge is 0.328 e. The van der Waals surface area contributed by atoms with Crippen molar-refractivity contribution < 1.29 is 19.0 Å². The predicted molar refractivity (Wildman–Crippen MR) is 63.4 cm³/mol. The van der Waals surface area contributed by atoms with E-state index in [0.29, 0.717) is 12.2 Å². The van der Waals surface area contributed by atoms with Gasteiger partial charge in [-0.1, -0.05) is 24.3 Å². The van der Waals surface area contributed by atoms with Gasteiger partial charge in [0.25, 0.3) is 0 Å². The topological polar surface area (TPSA) is 46.5 Å². The van der Waals surface area contributed by atoms with Crippen LogP contribution in [0.3, 0.4) is 0 Å². The van der Waals surface area contributed by atoms with Crippen LogP contribution in [0.15, 0.2) is 36.4 Å². The van der Waals surface area contributed by atoms with Gasteiger partial charge in [-0.15, -0.1) is 0 Å². The average molecular weight is 236 g/mol. The van der Waals surface area contributed by atoms with E-state index in [1.807, 2.05) is 0 Å². The third kappa shape index (κ3) is 4.51. The van der Waals surface area contributed by atoms with Gasteiger partial charge in [0.05, 0.1) is 6.61 Å². The molecule has 0 heterocycles. The van der Waals surface area contributed by atoms with Gasteiger partial charge in [0.1, 0.15) is 0 Å². The molecule has 90 valence electrons. The largest absolute Gasteiger partial charge is 0.491 e. The van der Waals surface area contributed by atoms with E-state index in [1.54, 1.807) is 25.1 Å². The van der Waals surface area contributed by atoms with Crippen molar-refractivity contribution >= 4 is 12.0 Å². The molecule has 0 spiro atoms. The summed E-state index contributed by atoms with van der Waals surface area (Å²) in [4.78, 5) is 10.2. The summed E-state index contributed by atoms with van der Waals surface area (Å²) >= 11 is 0. The first kappa shape index (κ1) is 13.0. The molecule has 0 aliphatic carbocycles. The van der Waals surface area contributed by atoms with Crippen molar-refractivity contribution in [3.05, 3.63) is 47.8 Å². The Balaban J connectivity index is 2.73. The third-order valence-corrected chi connectivity index (χ3v) is 1.89. The summed E-state index contributed by atoms with van der Waals surface area (Å²) in [5.41, 5.74) is 0.640. The van der Waals surface area contributed by atoms with Crippen LogP contribution in [0.25, 0.3) is 6.08 Å². The Bertz CT molecular complexity index is 450. The molecule has 1 N–H and O–H groups in total.